The molecule has 122 valence electrons. The standard InChI is InChI=1S/C16H25N3O3/c1-11-10-17-7-8-19(11)15(16(21)18(2)3)12-5-6-13(20)14(9-12)22-4/h5-6,9,11,15,17,20H,7-8,10H2,1-4H3. The summed E-state index contributed by atoms with van der Waals surface area (Å²) < 4.78 is 5.18. The number of phenols is 1. The number of ether oxygens (including phenoxy) is 1. The number of carbonyl (C=O) groups excluding carboxylic acids is 1. The minimum absolute atomic E-state index is 0.0292. The van der Waals surface area contributed by atoms with Gasteiger partial charge in [0.05, 0.1) is 7.11 Å². The van der Waals surface area contributed by atoms with Gasteiger partial charge < -0.3 is 20.1 Å². The second kappa shape index (κ2) is 6.98. The monoisotopic (exact) mass is 307 g/mol. The average molecular weight is 307 g/mol. The number of hydrogen-bond acceptors (Lipinski definition) is 5. The number of carbonyl (C=O) groups is 1. The normalized spacial score (nSPS) is 20.5. The zero-order valence-corrected chi connectivity index (χ0v) is 13.7. The molecule has 22 heavy (non-hydrogen) atoms. The van der Waals surface area contributed by atoms with Crippen molar-refractivity contribution >= 4 is 5.91 Å². The molecule has 0 aromatic heterocycles. The van der Waals surface area contributed by atoms with E-state index in [4.69, 9.17) is 4.74 Å². The molecular weight excluding hydrogens is 282 g/mol. The predicted molar refractivity (Wildman–Crippen MR) is 85.1 cm³/mol. The Kier molecular flexibility index (Phi) is 5.26. The van der Waals surface area contributed by atoms with E-state index in [1.807, 2.05) is 0 Å². The number of nitrogens with one attached hydrogen (secondary N) is 1. The third-order valence-corrected chi connectivity index (χ3v) is 4.08. The zero-order valence-electron chi connectivity index (χ0n) is 13.7. The number of piperazine rings is 1. The van der Waals surface area contributed by atoms with E-state index in [0.717, 1.165) is 25.2 Å². The van der Waals surface area contributed by atoms with Crippen molar-refractivity contribution in [3.8, 4) is 11.5 Å². The lowest BCUT2D eigenvalue weighted by molar-refractivity contribution is -0.136. The molecular formula is C16H25N3O3. The minimum Gasteiger partial charge on any atom is -0.504 e. The van der Waals surface area contributed by atoms with Crippen LogP contribution < -0.4 is 10.1 Å². The van der Waals surface area contributed by atoms with Gasteiger partial charge in [-0.15, -0.1) is 0 Å². The number of amides is 1. The number of likely N-dealkylation sites (N-methyl/N-ethyl adjacent to an activating group) is 1. The van der Waals surface area contributed by atoms with Gasteiger partial charge in [-0.3, -0.25) is 9.69 Å². The van der Waals surface area contributed by atoms with E-state index < -0.39 is 0 Å². The Hall–Kier alpha value is -1.79. The van der Waals surface area contributed by atoms with Crippen molar-refractivity contribution < 1.29 is 14.6 Å². The average Bonchev–Trinajstić information content (AvgIpc) is 2.50. The van der Waals surface area contributed by atoms with Gasteiger partial charge in [0.25, 0.3) is 0 Å². The Balaban J connectivity index is 2.41. The van der Waals surface area contributed by atoms with Gasteiger partial charge >= 0.3 is 0 Å². The molecule has 6 nitrogen and oxygen atoms in total. The number of benzene rings is 1. The Morgan fingerprint density at radius 3 is 2.82 bits per heavy atom. The fraction of sp³-hybridized carbons (Fsp3) is 0.562. The van der Waals surface area contributed by atoms with Crippen molar-refractivity contribution in [3.63, 3.8) is 0 Å². The van der Waals surface area contributed by atoms with Gasteiger partial charge in [-0.25, -0.2) is 0 Å². The Bertz CT molecular complexity index is 533. The molecule has 0 bridgehead atoms. The zero-order chi connectivity index (χ0) is 16.3. The van der Waals surface area contributed by atoms with Crippen LogP contribution in [-0.4, -0.2) is 67.7 Å². The molecule has 1 aromatic rings. The topological polar surface area (TPSA) is 65.0 Å². The molecule has 0 spiro atoms. The van der Waals surface area contributed by atoms with Crippen LogP contribution in [0.25, 0.3) is 0 Å². The highest BCUT2D eigenvalue weighted by atomic mass is 16.5. The number of nitrogens with zero attached hydrogens (tertiary/aromatic N) is 2. The molecule has 1 aromatic carbocycles. The van der Waals surface area contributed by atoms with E-state index >= 15 is 0 Å². The van der Waals surface area contributed by atoms with E-state index in [1.54, 1.807) is 37.2 Å². The lowest BCUT2D eigenvalue weighted by atomic mass is 10.00. The van der Waals surface area contributed by atoms with Gasteiger partial charge in [0.1, 0.15) is 6.04 Å². The van der Waals surface area contributed by atoms with E-state index in [0.29, 0.717) is 5.75 Å². The van der Waals surface area contributed by atoms with Crippen LogP contribution in [0.3, 0.4) is 0 Å². The molecule has 2 N–H and O–H groups in total. The SMILES string of the molecule is COc1cc(C(C(=O)N(C)C)N2CCNCC2C)ccc1O. The number of rotatable bonds is 4. The van der Waals surface area contributed by atoms with Gasteiger partial charge in [0.15, 0.2) is 11.5 Å². The van der Waals surface area contributed by atoms with Crippen LogP contribution in [0.2, 0.25) is 0 Å². The summed E-state index contributed by atoms with van der Waals surface area (Å²) in [6.45, 7) is 4.62. The number of hydrogen-bond donors (Lipinski definition) is 2. The highest BCUT2D eigenvalue weighted by Crippen LogP contribution is 2.33. The first-order valence-electron chi connectivity index (χ1n) is 7.50. The van der Waals surface area contributed by atoms with Crippen LogP contribution in [0.15, 0.2) is 18.2 Å². The molecule has 1 aliphatic rings. The van der Waals surface area contributed by atoms with Crippen LogP contribution in [-0.2, 0) is 4.79 Å². The maximum Gasteiger partial charge on any atom is 0.244 e. The highest BCUT2D eigenvalue weighted by Gasteiger charge is 2.33. The first kappa shape index (κ1) is 16.6. The molecule has 1 aliphatic heterocycles. The maximum absolute atomic E-state index is 12.7. The van der Waals surface area contributed by atoms with Crippen LogP contribution in [0.1, 0.15) is 18.5 Å². The van der Waals surface area contributed by atoms with Crippen molar-refractivity contribution in [2.24, 2.45) is 0 Å². The van der Waals surface area contributed by atoms with Crippen LogP contribution >= 0.6 is 0 Å². The smallest absolute Gasteiger partial charge is 0.244 e. The number of methoxy groups -OCH3 is 1. The molecule has 2 unspecified atom stereocenters. The first-order valence-corrected chi connectivity index (χ1v) is 7.50. The summed E-state index contributed by atoms with van der Waals surface area (Å²) in [5, 5.41) is 13.1. The second-order valence-electron chi connectivity index (χ2n) is 5.86. The molecule has 0 radical (unpaired) electrons. The van der Waals surface area contributed by atoms with E-state index in [2.05, 4.69) is 17.1 Å². The third kappa shape index (κ3) is 3.34. The van der Waals surface area contributed by atoms with Crippen molar-refractivity contribution in [3.05, 3.63) is 23.8 Å². The third-order valence-electron chi connectivity index (χ3n) is 4.08. The summed E-state index contributed by atoms with van der Waals surface area (Å²) in [4.78, 5) is 16.5. The summed E-state index contributed by atoms with van der Waals surface area (Å²) in [6.07, 6.45) is 0. The summed E-state index contributed by atoms with van der Waals surface area (Å²) >= 11 is 0. The quantitative estimate of drug-likeness (QED) is 0.862. The summed E-state index contributed by atoms with van der Waals surface area (Å²) in [5.74, 6) is 0.494. The van der Waals surface area contributed by atoms with Gasteiger partial charge in [0.2, 0.25) is 5.91 Å². The van der Waals surface area contributed by atoms with Gasteiger partial charge in [-0.2, -0.15) is 0 Å². The van der Waals surface area contributed by atoms with Crippen LogP contribution in [0, 0.1) is 0 Å². The highest BCUT2D eigenvalue weighted by molar-refractivity contribution is 5.83. The fourth-order valence-electron chi connectivity index (χ4n) is 2.83. The lowest BCUT2D eigenvalue weighted by Crippen LogP contribution is -2.54. The fourth-order valence-corrected chi connectivity index (χ4v) is 2.83. The van der Waals surface area contributed by atoms with Crippen molar-refractivity contribution in [1.29, 1.82) is 0 Å². The lowest BCUT2D eigenvalue weighted by Gasteiger charge is -2.40. The Labute approximate surface area is 131 Å². The molecule has 1 saturated heterocycles. The van der Waals surface area contributed by atoms with E-state index in [-0.39, 0.29) is 23.7 Å². The van der Waals surface area contributed by atoms with E-state index in [1.165, 1.54) is 7.11 Å². The van der Waals surface area contributed by atoms with Crippen molar-refractivity contribution in [1.82, 2.24) is 15.1 Å². The first-order chi connectivity index (χ1) is 10.5. The van der Waals surface area contributed by atoms with E-state index in [9.17, 15) is 9.90 Å². The van der Waals surface area contributed by atoms with Gasteiger partial charge in [-0.1, -0.05) is 6.07 Å². The van der Waals surface area contributed by atoms with Gasteiger partial charge in [0, 0.05) is 39.8 Å². The molecule has 1 amide bonds. The van der Waals surface area contributed by atoms with Crippen LogP contribution in [0.4, 0.5) is 0 Å². The number of aromatic hydroxyl groups is 1. The molecule has 0 saturated carbocycles. The molecule has 2 atom stereocenters. The maximum atomic E-state index is 12.7. The molecule has 2 rings (SSSR count). The summed E-state index contributed by atoms with van der Waals surface area (Å²) in [5.41, 5.74) is 0.835. The summed E-state index contributed by atoms with van der Waals surface area (Å²) in [6, 6.07) is 5.00. The van der Waals surface area contributed by atoms with Gasteiger partial charge in [-0.05, 0) is 24.6 Å². The Morgan fingerprint density at radius 2 is 2.23 bits per heavy atom. The predicted octanol–water partition coefficient (Wildman–Crippen LogP) is 0.824. The molecule has 1 fully saturated rings. The largest absolute Gasteiger partial charge is 0.504 e. The second-order valence-corrected chi connectivity index (χ2v) is 5.86. The Morgan fingerprint density at radius 1 is 1.50 bits per heavy atom. The molecule has 6 heteroatoms. The van der Waals surface area contributed by atoms with Crippen molar-refractivity contribution in [2.75, 3.05) is 40.8 Å². The van der Waals surface area contributed by atoms with Crippen molar-refractivity contribution in [2.45, 2.75) is 19.0 Å². The summed E-state index contributed by atoms with van der Waals surface area (Å²) in [7, 11) is 5.04. The van der Waals surface area contributed by atoms with Crippen LogP contribution in [0.5, 0.6) is 11.5 Å². The minimum atomic E-state index is -0.374. The molecule has 0 aliphatic carbocycles. The number of phenolic OH excluding ortho intramolecular Hbond substituents is 1. The molecule has 1 heterocycles.